The number of benzene rings is 1. The van der Waals surface area contributed by atoms with Crippen LogP contribution in [0, 0.1) is 5.92 Å². The third-order valence-electron chi connectivity index (χ3n) is 4.20. The number of hydrogen-bond acceptors (Lipinski definition) is 2. The van der Waals surface area contributed by atoms with Crippen molar-refractivity contribution in [1.29, 1.82) is 0 Å². The SMILES string of the molecule is CC1CN(Cc2cc(Cl)ccc2Cl)C(C2CC2)CN1. The fourth-order valence-corrected chi connectivity index (χ4v) is 3.39. The van der Waals surface area contributed by atoms with E-state index in [1.807, 2.05) is 18.2 Å². The van der Waals surface area contributed by atoms with Gasteiger partial charge in [-0.3, -0.25) is 4.90 Å². The van der Waals surface area contributed by atoms with Crippen LogP contribution < -0.4 is 5.32 Å². The van der Waals surface area contributed by atoms with E-state index in [1.54, 1.807) is 0 Å². The summed E-state index contributed by atoms with van der Waals surface area (Å²) in [6, 6.07) is 6.96. The molecule has 0 amide bonds. The van der Waals surface area contributed by atoms with Crippen LogP contribution in [0.3, 0.4) is 0 Å². The van der Waals surface area contributed by atoms with Crippen molar-refractivity contribution in [2.75, 3.05) is 13.1 Å². The number of halogens is 2. The van der Waals surface area contributed by atoms with Gasteiger partial charge in [-0.05, 0) is 49.4 Å². The van der Waals surface area contributed by atoms with E-state index in [2.05, 4.69) is 17.1 Å². The van der Waals surface area contributed by atoms with Crippen LogP contribution >= 0.6 is 23.2 Å². The smallest absolute Gasteiger partial charge is 0.0452 e. The second kappa shape index (κ2) is 5.61. The van der Waals surface area contributed by atoms with Gasteiger partial charge in [0, 0.05) is 41.8 Å². The minimum Gasteiger partial charge on any atom is -0.311 e. The summed E-state index contributed by atoms with van der Waals surface area (Å²) in [5, 5.41) is 5.19. The lowest BCUT2D eigenvalue weighted by Gasteiger charge is -2.40. The molecule has 2 atom stereocenters. The van der Waals surface area contributed by atoms with E-state index in [-0.39, 0.29) is 0 Å². The first-order valence-corrected chi connectivity index (χ1v) is 7.80. The Morgan fingerprint density at radius 2 is 2.11 bits per heavy atom. The first-order valence-electron chi connectivity index (χ1n) is 7.05. The standard InChI is InChI=1S/C15H20Cl2N2/c1-10-8-19(15(7-18-10)11-2-3-11)9-12-6-13(16)4-5-14(12)17/h4-6,10-11,15,18H,2-3,7-9H2,1H3. The molecular weight excluding hydrogens is 279 g/mol. The van der Waals surface area contributed by atoms with Gasteiger partial charge in [-0.25, -0.2) is 0 Å². The lowest BCUT2D eigenvalue weighted by atomic mass is 10.0. The van der Waals surface area contributed by atoms with Gasteiger partial charge in [0.15, 0.2) is 0 Å². The van der Waals surface area contributed by atoms with Gasteiger partial charge in [0.25, 0.3) is 0 Å². The highest BCUT2D eigenvalue weighted by Crippen LogP contribution is 2.37. The van der Waals surface area contributed by atoms with Gasteiger partial charge in [0.2, 0.25) is 0 Å². The van der Waals surface area contributed by atoms with Gasteiger partial charge in [-0.15, -0.1) is 0 Å². The quantitative estimate of drug-likeness (QED) is 0.918. The molecule has 1 heterocycles. The van der Waals surface area contributed by atoms with Gasteiger partial charge < -0.3 is 5.32 Å². The number of piperazine rings is 1. The Bertz CT molecular complexity index is 459. The van der Waals surface area contributed by atoms with Crippen LogP contribution in [0.5, 0.6) is 0 Å². The molecule has 2 aliphatic rings. The molecule has 3 rings (SSSR count). The molecule has 1 aromatic rings. The molecule has 2 nitrogen and oxygen atoms in total. The average Bonchev–Trinajstić information content (AvgIpc) is 3.18. The van der Waals surface area contributed by atoms with Gasteiger partial charge in [0.05, 0.1) is 0 Å². The molecule has 4 heteroatoms. The highest BCUT2D eigenvalue weighted by molar-refractivity contribution is 6.33. The van der Waals surface area contributed by atoms with Gasteiger partial charge in [-0.2, -0.15) is 0 Å². The number of rotatable bonds is 3. The van der Waals surface area contributed by atoms with Gasteiger partial charge >= 0.3 is 0 Å². The predicted molar refractivity (Wildman–Crippen MR) is 80.8 cm³/mol. The largest absolute Gasteiger partial charge is 0.311 e. The maximum absolute atomic E-state index is 6.29. The van der Waals surface area contributed by atoms with E-state index in [0.717, 1.165) is 41.2 Å². The van der Waals surface area contributed by atoms with Crippen LogP contribution in [0.4, 0.5) is 0 Å². The summed E-state index contributed by atoms with van der Waals surface area (Å²) >= 11 is 12.4. The molecule has 104 valence electrons. The Kier molecular flexibility index (Phi) is 4.04. The molecule has 2 unspecified atom stereocenters. The van der Waals surface area contributed by atoms with Crippen molar-refractivity contribution in [1.82, 2.24) is 10.2 Å². The number of nitrogens with zero attached hydrogens (tertiary/aromatic N) is 1. The topological polar surface area (TPSA) is 15.3 Å². The van der Waals surface area contributed by atoms with E-state index in [1.165, 1.54) is 12.8 Å². The molecule has 19 heavy (non-hydrogen) atoms. The fourth-order valence-electron chi connectivity index (χ4n) is 3.01. The Morgan fingerprint density at radius 3 is 2.84 bits per heavy atom. The number of hydrogen-bond donors (Lipinski definition) is 1. The zero-order valence-corrected chi connectivity index (χ0v) is 12.7. The monoisotopic (exact) mass is 298 g/mol. The fraction of sp³-hybridized carbons (Fsp3) is 0.600. The molecule has 1 aliphatic heterocycles. The maximum Gasteiger partial charge on any atom is 0.0452 e. The van der Waals surface area contributed by atoms with Gasteiger partial charge in [-0.1, -0.05) is 23.2 Å². The molecular formula is C15H20Cl2N2. The summed E-state index contributed by atoms with van der Waals surface area (Å²) in [5.41, 5.74) is 1.15. The molecule has 1 aliphatic carbocycles. The lowest BCUT2D eigenvalue weighted by Crippen LogP contribution is -2.55. The third kappa shape index (κ3) is 3.25. The highest BCUT2D eigenvalue weighted by Gasteiger charge is 2.37. The summed E-state index contributed by atoms with van der Waals surface area (Å²) in [7, 11) is 0. The van der Waals surface area contributed by atoms with Crippen LogP contribution in [0.15, 0.2) is 18.2 Å². The van der Waals surface area contributed by atoms with Crippen LogP contribution in [-0.4, -0.2) is 30.1 Å². The molecule has 2 fully saturated rings. The van der Waals surface area contributed by atoms with Gasteiger partial charge in [0.1, 0.15) is 0 Å². The van der Waals surface area contributed by atoms with Crippen molar-refractivity contribution in [3.05, 3.63) is 33.8 Å². The first kappa shape index (κ1) is 13.7. The summed E-state index contributed by atoms with van der Waals surface area (Å²) < 4.78 is 0. The average molecular weight is 299 g/mol. The Morgan fingerprint density at radius 1 is 1.32 bits per heavy atom. The van der Waals surface area contributed by atoms with Crippen LogP contribution in [0.25, 0.3) is 0 Å². The van der Waals surface area contributed by atoms with Crippen molar-refractivity contribution in [2.45, 2.75) is 38.4 Å². The second-order valence-electron chi connectivity index (χ2n) is 5.88. The normalized spacial score (nSPS) is 28.6. The van der Waals surface area contributed by atoms with E-state index in [4.69, 9.17) is 23.2 Å². The molecule has 0 radical (unpaired) electrons. The van der Waals surface area contributed by atoms with E-state index in [0.29, 0.717) is 12.1 Å². The Balaban J connectivity index is 1.76. The first-order chi connectivity index (χ1) is 9.13. The third-order valence-corrected chi connectivity index (χ3v) is 4.80. The molecule has 1 N–H and O–H groups in total. The highest BCUT2D eigenvalue weighted by atomic mass is 35.5. The van der Waals surface area contributed by atoms with Crippen molar-refractivity contribution in [3.8, 4) is 0 Å². The van der Waals surface area contributed by atoms with Crippen LogP contribution in [0.1, 0.15) is 25.3 Å². The maximum atomic E-state index is 6.29. The Hall–Kier alpha value is -0.280. The minimum atomic E-state index is 0.549. The van der Waals surface area contributed by atoms with Crippen molar-refractivity contribution in [2.24, 2.45) is 5.92 Å². The van der Waals surface area contributed by atoms with Crippen LogP contribution in [-0.2, 0) is 6.54 Å². The predicted octanol–water partition coefficient (Wildman–Crippen LogP) is 3.57. The Labute approximate surface area is 125 Å². The molecule has 1 saturated carbocycles. The van der Waals surface area contributed by atoms with Crippen molar-refractivity contribution in [3.63, 3.8) is 0 Å². The summed E-state index contributed by atoms with van der Waals surface area (Å²) in [6.07, 6.45) is 2.75. The molecule has 1 aromatic carbocycles. The van der Waals surface area contributed by atoms with E-state index in [9.17, 15) is 0 Å². The van der Waals surface area contributed by atoms with Crippen molar-refractivity contribution >= 4 is 23.2 Å². The lowest BCUT2D eigenvalue weighted by molar-refractivity contribution is 0.112. The zero-order chi connectivity index (χ0) is 13.4. The zero-order valence-electron chi connectivity index (χ0n) is 11.2. The molecule has 0 bridgehead atoms. The summed E-state index contributed by atoms with van der Waals surface area (Å²) in [4.78, 5) is 2.58. The summed E-state index contributed by atoms with van der Waals surface area (Å²) in [5.74, 6) is 0.873. The summed E-state index contributed by atoms with van der Waals surface area (Å²) in [6.45, 7) is 5.34. The molecule has 1 saturated heterocycles. The second-order valence-corrected chi connectivity index (χ2v) is 6.72. The van der Waals surface area contributed by atoms with Crippen molar-refractivity contribution < 1.29 is 0 Å². The number of nitrogens with one attached hydrogen (secondary N) is 1. The molecule has 0 spiro atoms. The minimum absolute atomic E-state index is 0.549. The van der Waals surface area contributed by atoms with E-state index < -0.39 is 0 Å². The van der Waals surface area contributed by atoms with E-state index >= 15 is 0 Å². The molecule has 0 aromatic heterocycles. The van der Waals surface area contributed by atoms with Crippen LogP contribution in [0.2, 0.25) is 10.0 Å².